The zero-order valence-electron chi connectivity index (χ0n) is 19.2. The molecule has 0 spiro atoms. The summed E-state index contributed by atoms with van der Waals surface area (Å²) in [6.45, 7) is 0. The predicted octanol–water partition coefficient (Wildman–Crippen LogP) is 5.12. The summed E-state index contributed by atoms with van der Waals surface area (Å²) in [5, 5.41) is 3.08. The molecule has 2 heterocycles. The Labute approximate surface area is 207 Å². The van der Waals surface area contributed by atoms with E-state index in [1.807, 2.05) is 24.3 Å². The molecule has 1 atom stereocenters. The van der Waals surface area contributed by atoms with E-state index in [1.165, 1.54) is 17.8 Å². The molecule has 1 fully saturated rings. The Morgan fingerprint density at radius 2 is 1.94 bits per heavy atom. The number of carbonyl (C=O) groups excluding carboxylic acids is 1. The number of benzene rings is 1. The van der Waals surface area contributed by atoms with Crippen LogP contribution in [0.1, 0.15) is 52.9 Å². The molecular weight excluding hydrogens is 491 g/mol. The molecule has 1 aromatic carbocycles. The maximum atomic E-state index is 12.7. The number of carbonyl (C=O) groups is 1. The van der Waals surface area contributed by atoms with Crippen molar-refractivity contribution in [2.75, 3.05) is 0 Å². The Morgan fingerprint density at radius 3 is 2.64 bits per heavy atom. The van der Waals surface area contributed by atoms with E-state index in [4.69, 9.17) is 0 Å². The summed E-state index contributed by atoms with van der Waals surface area (Å²) in [5.74, 6) is -0.141. The molecule has 0 aliphatic heterocycles. The first-order valence-corrected chi connectivity index (χ1v) is 12.9. The van der Waals surface area contributed by atoms with Gasteiger partial charge in [-0.3, -0.25) is 14.8 Å². The Morgan fingerprint density at radius 1 is 1.11 bits per heavy atom. The maximum Gasteiger partial charge on any atom is 0.501 e. The predicted molar refractivity (Wildman–Crippen MR) is 129 cm³/mol. The summed E-state index contributed by atoms with van der Waals surface area (Å²) in [5.41, 5.74) is -1.30. The van der Waals surface area contributed by atoms with Gasteiger partial charge in [-0.15, -0.1) is 0 Å². The number of hydrogen-bond donors (Lipinski definition) is 1. The van der Waals surface area contributed by atoms with Gasteiger partial charge in [0.1, 0.15) is 0 Å². The van der Waals surface area contributed by atoms with Gasteiger partial charge in [0.15, 0.2) is 0 Å². The van der Waals surface area contributed by atoms with Gasteiger partial charge in [-0.2, -0.15) is 13.2 Å². The monoisotopic (exact) mass is 515 g/mol. The number of halogens is 3. The highest BCUT2D eigenvalue weighted by atomic mass is 32.2. The van der Waals surface area contributed by atoms with Crippen molar-refractivity contribution in [3.8, 4) is 0 Å². The number of nitrogens with zero attached hydrogens (tertiary/aromatic N) is 2. The van der Waals surface area contributed by atoms with E-state index in [2.05, 4.69) is 21.4 Å². The fraction of sp³-hybridized carbons (Fsp3) is 0.269. The lowest BCUT2D eigenvalue weighted by atomic mass is 9.89. The molecule has 1 amide bonds. The SMILES string of the molecule is O=C(NC1CCCC(=Cc2cccc(Cc3ccc(S(=O)(=O)C(F)(F)F)cn3)c2)C1)c1cccnc1. The van der Waals surface area contributed by atoms with E-state index in [1.54, 1.807) is 18.3 Å². The number of pyridine rings is 2. The van der Waals surface area contributed by atoms with Crippen LogP contribution in [0.5, 0.6) is 0 Å². The van der Waals surface area contributed by atoms with Crippen LogP contribution in [0.2, 0.25) is 0 Å². The largest absolute Gasteiger partial charge is 0.501 e. The lowest BCUT2D eigenvalue weighted by Crippen LogP contribution is -2.36. The molecule has 1 aliphatic carbocycles. The van der Waals surface area contributed by atoms with Crippen molar-refractivity contribution in [3.63, 3.8) is 0 Å². The van der Waals surface area contributed by atoms with Crippen molar-refractivity contribution in [1.29, 1.82) is 0 Å². The molecule has 6 nitrogen and oxygen atoms in total. The third kappa shape index (κ3) is 6.17. The average molecular weight is 516 g/mol. The fourth-order valence-corrected chi connectivity index (χ4v) is 4.87. The third-order valence-corrected chi connectivity index (χ3v) is 7.41. The fourth-order valence-electron chi connectivity index (χ4n) is 4.16. The van der Waals surface area contributed by atoms with Crippen LogP contribution in [0.25, 0.3) is 6.08 Å². The molecule has 0 bridgehead atoms. The number of hydrogen-bond acceptors (Lipinski definition) is 5. The highest BCUT2D eigenvalue weighted by Crippen LogP contribution is 2.30. The van der Waals surface area contributed by atoms with Gasteiger partial charge in [-0.1, -0.05) is 35.9 Å². The van der Waals surface area contributed by atoms with Gasteiger partial charge in [-0.25, -0.2) is 8.42 Å². The van der Waals surface area contributed by atoms with Gasteiger partial charge in [0.25, 0.3) is 15.7 Å². The van der Waals surface area contributed by atoms with Gasteiger partial charge in [0, 0.05) is 36.7 Å². The lowest BCUT2D eigenvalue weighted by Gasteiger charge is -2.25. The molecule has 188 valence electrons. The summed E-state index contributed by atoms with van der Waals surface area (Å²) < 4.78 is 61.2. The number of alkyl halides is 3. The van der Waals surface area contributed by atoms with E-state index in [-0.39, 0.29) is 11.9 Å². The normalized spacial score (nSPS) is 17.6. The van der Waals surface area contributed by atoms with Crippen molar-refractivity contribution in [3.05, 3.63) is 95.1 Å². The molecule has 10 heteroatoms. The minimum atomic E-state index is -5.42. The molecule has 4 rings (SSSR count). The smallest absolute Gasteiger partial charge is 0.349 e. The van der Waals surface area contributed by atoms with Crippen LogP contribution in [0, 0.1) is 0 Å². The van der Waals surface area contributed by atoms with Crippen LogP contribution in [-0.2, 0) is 16.3 Å². The molecule has 0 saturated heterocycles. The van der Waals surface area contributed by atoms with Gasteiger partial charge in [0.2, 0.25) is 0 Å². The number of nitrogens with one attached hydrogen (secondary N) is 1. The molecule has 1 N–H and O–H groups in total. The van der Waals surface area contributed by atoms with E-state index < -0.39 is 20.2 Å². The summed E-state index contributed by atoms with van der Waals surface area (Å²) in [6.07, 6.45) is 9.87. The number of amides is 1. The second-order valence-corrected chi connectivity index (χ2v) is 10.6. The summed E-state index contributed by atoms with van der Waals surface area (Å²) >= 11 is 0. The third-order valence-electron chi connectivity index (χ3n) is 5.94. The second kappa shape index (κ2) is 10.6. The molecule has 2 aromatic heterocycles. The van der Waals surface area contributed by atoms with Crippen LogP contribution < -0.4 is 5.32 Å². The minimum absolute atomic E-state index is 0.0385. The zero-order chi connectivity index (χ0) is 25.8. The van der Waals surface area contributed by atoms with E-state index in [0.29, 0.717) is 17.7 Å². The second-order valence-electron chi connectivity index (χ2n) is 8.67. The van der Waals surface area contributed by atoms with E-state index in [9.17, 15) is 26.4 Å². The Kier molecular flexibility index (Phi) is 7.53. The minimum Gasteiger partial charge on any atom is -0.349 e. The number of aromatic nitrogens is 2. The van der Waals surface area contributed by atoms with Crippen molar-refractivity contribution < 1.29 is 26.4 Å². The van der Waals surface area contributed by atoms with Crippen molar-refractivity contribution in [1.82, 2.24) is 15.3 Å². The lowest BCUT2D eigenvalue weighted by molar-refractivity contribution is -0.0436. The molecule has 3 aromatic rings. The van der Waals surface area contributed by atoms with Crippen LogP contribution in [-0.4, -0.2) is 35.8 Å². The molecular formula is C26H24F3N3O3S. The molecule has 1 aliphatic rings. The van der Waals surface area contributed by atoms with Crippen LogP contribution in [0.4, 0.5) is 13.2 Å². The first-order chi connectivity index (χ1) is 17.1. The average Bonchev–Trinajstić information content (AvgIpc) is 2.85. The van der Waals surface area contributed by atoms with Gasteiger partial charge in [-0.05, 0) is 61.1 Å². The first kappa shape index (κ1) is 25.6. The standard InChI is InChI=1S/C26H24F3N3O3S/c27-26(28,29)36(34,35)24-10-9-22(31-17-24)14-19-5-1-4-18(12-19)13-20-6-2-8-23(15-20)32-25(33)21-7-3-11-30-16-21/h1,3-5,7,9-13,16-17,23H,2,6,8,14-15H2,(H,32,33). The highest BCUT2D eigenvalue weighted by Gasteiger charge is 2.47. The zero-order valence-corrected chi connectivity index (χ0v) is 20.0. The number of sulfone groups is 1. The Hall–Kier alpha value is -3.53. The van der Waals surface area contributed by atoms with E-state index in [0.717, 1.165) is 49.1 Å². The van der Waals surface area contributed by atoms with Crippen LogP contribution in [0.15, 0.2) is 77.6 Å². The van der Waals surface area contributed by atoms with Crippen molar-refractivity contribution in [2.45, 2.75) is 48.5 Å². The molecule has 36 heavy (non-hydrogen) atoms. The maximum absolute atomic E-state index is 12.7. The summed E-state index contributed by atoms with van der Waals surface area (Å²) in [7, 11) is -5.42. The highest BCUT2D eigenvalue weighted by molar-refractivity contribution is 7.92. The number of rotatable bonds is 6. The summed E-state index contributed by atoms with van der Waals surface area (Å²) in [4.78, 5) is 19.5. The Bertz CT molecular complexity index is 1360. The van der Waals surface area contributed by atoms with Crippen molar-refractivity contribution in [2.24, 2.45) is 0 Å². The van der Waals surface area contributed by atoms with Gasteiger partial charge < -0.3 is 5.32 Å². The summed E-state index contributed by atoms with van der Waals surface area (Å²) in [6, 6.07) is 13.4. The van der Waals surface area contributed by atoms with Crippen molar-refractivity contribution >= 4 is 21.8 Å². The van der Waals surface area contributed by atoms with Crippen LogP contribution >= 0.6 is 0 Å². The van der Waals surface area contributed by atoms with Gasteiger partial charge in [0.05, 0.1) is 10.5 Å². The molecule has 1 saturated carbocycles. The molecule has 0 radical (unpaired) electrons. The molecule has 1 unspecified atom stereocenters. The first-order valence-electron chi connectivity index (χ1n) is 11.4. The van der Waals surface area contributed by atoms with Gasteiger partial charge >= 0.3 is 5.51 Å². The van der Waals surface area contributed by atoms with E-state index >= 15 is 0 Å². The van der Waals surface area contributed by atoms with Crippen LogP contribution in [0.3, 0.4) is 0 Å². The quantitative estimate of drug-likeness (QED) is 0.493. The Balaban J connectivity index is 1.42. The topological polar surface area (TPSA) is 89.0 Å².